The van der Waals surface area contributed by atoms with Crippen molar-refractivity contribution in [2.45, 2.75) is 25.5 Å². The number of benzene rings is 1. The summed E-state index contributed by atoms with van der Waals surface area (Å²) >= 11 is 0. The molecular weight excluding hydrogens is 643 g/mol. The first kappa shape index (κ1) is 32.1. The number of alkyl halides is 9. The number of fused-ring (bicyclic) bond motifs is 2. The molecule has 0 saturated heterocycles. The van der Waals surface area contributed by atoms with Gasteiger partial charge in [-0.05, 0) is 36.8 Å². The molecule has 0 spiro atoms. The van der Waals surface area contributed by atoms with Crippen molar-refractivity contribution < 1.29 is 39.5 Å². The molecule has 2 aliphatic rings. The molecular formula is C30H9F9N8. The summed E-state index contributed by atoms with van der Waals surface area (Å²) in [6.45, 7) is 1.34. The average molecular weight is 652 g/mol. The molecule has 0 bridgehead atoms. The summed E-state index contributed by atoms with van der Waals surface area (Å²) in [5.74, 6) is 0. The van der Waals surface area contributed by atoms with E-state index in [9.17, 15) is 60.6 Å². The molecule has 0 atom stereocenters. The van der Waals surface area contributed by atoms with Gasteiger partial charge in [-0.15, -0.1) is 0 Å². The molecule has 0 unspecified atom stereocenters. The van der Waals surface area contributed by atoms with Crippen LogP contribution in [0.2, 0.25) is 0 Å². The Morgan fingerprint density at radius 3 is 1.36 bits per heavy atom. The van der Waals surface area contributed by atoms with Gasteiger partial charge in [-0.1, -0.05) is 0 Å². The molecule has 8 nitrogen and oxygen atoms in total. The third kappa shape index (κ3) is 5.45. The first-order chi connectivity index (χ1) is 21.9. The Bertz CT molecular complexity index is 2170. The summed E-state index contributed by atoms with van der Waals surface area (Å²) in [6, 6.07) is 8.75. The van der Waals surface area contributed by atoms with Crippen LogP contribution in [0.15, 0.2) is 57.8 Å². The third-order valence-electron chi connectivity index (χ3n) is 6.84. The minimum Gasteiger partial charge on any atom is -0.254 e. The van der Waals surface area contributed by atoms with Crippen molar-refractivity contribution in [3.63, 3.8) is 0 Å². The van der Waals surface area contributed by atoms with Gasteiger partial charge < -0.3 is 0 Å². The lowest BCUT2D eigenvalue weighted by atomic mass is 9.90. The van der Waals surface area contributed by atoms with E-state index < -0.39 is 80.3 Å². The zero-order chi connectivity index (χ0) is 34.6. The lowest BCUT2D eigenvalue weighted by molar-refractivity contribution is -0.143. The quantitative estimate of drug-likeness (QED) is 0.205. The summed E-state index contributed by atoms with van der Waals surface area (Å²) in [4.78, 5) is 15.4. The summed E-state index contributed by atoms with van der Waals surface area (Å²) in [5.41, 5.74) is -11.6. The lowest BCUT2D eigenvalue weighted by Crippen LogP contribution is -2.18. The largest absolute Gasteiger partial charge is 0.418 e. The van der Waals surface area contributed by atoms with Gasteiger partial charge >= 0.3 is 18.5 Å². The van der Waals surface area contributed by atoms with Crippen molar-refractivity contribution in [1.29, 1.82) is 21.0 Å². The second-order valence-corrected chi connectivity index (χ2v) is 9.78. The summed E-state index contributed by atoms with van der Waals surface area (Å²) < 4.78 is 124. The number of nitriles is 4. The summed E-state index contributed by atoms with van der Waals surface area (Å²) in [7, 11) is 0. The fourth-order valence-electron chi connectivity index (χ4n) is 4.89. The highest BCUT2D eigenvalue weighted by Crippen LogP contribution is 2.49. The average Bonchev–Trinajstić information content (AvgIpc) is 3.54. The third-order valence-corrected chi connectivity index (χ3v) is 6.84. The van der Waals surface area contributed by atoms with Gasteiger partial charge in [0.05, 0.1) is 39.5 Å². The van der Waals surface area contributed by atoms with Gasteiger partial charge in [-0.25, -0.2) is 9.98 Å². The normalized spacial score (nSPS) is 13.8. The van der Waals surface area contributed by atoms with E-state index in [1.165, 1.54) is 19.1 Å². The summed E-state index contributed by atoms with van der Waals surface area (Å²) in [6.07, 6.45) is -14.4. The molecule has 0 saturated carbocycles. The van der Waals surface area contributed by atoms with E-state index in [0.717, 1.165) is 24.4 Å². The molecule has 4 heterocycles. The topological polar surface area (TPSA) is 146 Å². The second-order valence-electron chi connectivity index (χ2n) is 9.78. The number of halogens is 9. The number of aryl methyl sites for hydroxylation is 1. The van der Waals surface area contributed by atoms with Crippen LogP contribution in [0.5, 0.6) is 0 Å². The minimum absolute atomic E-state index is 0.114. The van der Waals surface area contributed by atoms with Gasteiger partial charge in [0.25, 0.3) is 0 Å². The van der Waals surface area contributed by atoms with Crippen LogP contribution in [0, 0.1) is 52.2 Å². The predicted octanol–water partition coefficient (Wildman–Crippen LogP) is 7.71. The molecule has 232 valence electrons. The van der Waals surface area contributed by atoms with E-state index in [0.29, 0.717) is 0 Å². The Morgan fingerprint density at radius 2 is 0.979 bits per heavy atom. The zero-order valence-corrected chi connectivity index (χ0v) is 22.9. The Kier molecular flexibility index (Phi) is 7.46. The lowest BCUT2D eigenvalue weighted by Gasteiger charge is -2.15. The fraction of sp³-hybridized carbons (Fsp3) is 0.133. The van der Waals surface area contributed by atoms with Gasteiger partial charge in [-0.2, -0.15) is 60.6 Å². The Hall–Kier alpha value is -6.33. The van der Waals surface area contributed by atoms with Crippen LogP contribution in [0.25, 0.3) is 11.1 Å². The number of aliphatic imine (C=N–C) groups is 2. The molecule has 5 rings (SSSR count). The van der Waals surface area contributed by atoms with Crippen LogP contribution in [-0.2, 0) is 18.5 Å². The highest BCUT2D eigenvalue weighted by molar-refractivity contribution is 6.40. The molecule has 0 amide bonds. The fourth-order valence-corrected chi connectivity index (χ4v) is 4.89. The summed E-state index contributed by atoms with van der Waals surface area (Å²) in [5, 5.41) is 38.6. The first-order valence-corrected chi connectivity index (χ1v) is 12.6. The van der Waals surface area contributed by atoms with E-state index in [-0.39, 0.29) is 40.3 Å². The molecule has 0 N–H and O–H groups in total. The SMILES string of the molecule is Cc1cnc(C2=Nc3cc4c(cc3C2=C(C#N)C#N)N=C(c2ncc(C(F)(F)F)cc2C(F)(F)F)C4=C(C#N)C#N)c(C(F)(F)F)c1. The van der Waals surface area contributed by atoms with E-state index >= 15 is 0 Å². The number of nitrogens with zero attached hydrogens (tertiary/aromatic N) is 8. The minimum atomic E-state index is -5.42. The number of allylic oxidation sites excluding steroid dienone is 4. The Balaban J connectivity index is 1.82. The number of rotatable bonds is 2. The highest BCUT2D eigenvalue weighted by Gasteiger charge is 2.43. The number of pyridine rings is 2. The molecule has 3 aromatic rings. The molecule has 17 heteroatoms. The maximum atomic E-state index is 14.1. The number of hydrogen-bond acceptors (Lipinski definition) is 8. The van der Waals surface area contributed by atoms with Crippen molar-refractivity contribution in [2.75, 3.05) is 0 Å². The second kappa shape index (κ2) is 10.9. The van der Waals surface area contributed by atoms with E-state index in [1.807, 2.05) is 0 Å². The number of aromatic nitrogens is 2. The van der Waals surface area contributed by atoms with Gasteiger partial charge in [0.1, 0.15) is 46.8 Å². The zero-order valence-electron chi connectivity index (χ0n) is 22.9. The molecule has 2 aromatic heterocycles. The van der Waals surface area contributed by atoms with Crippen LogP contribution in [0.1, 0.15) is 44.8 Å². The van der Waals surface area contributed by atoms with E-state index in [2.05, 4.69) is 20.0 Å². The molecule has 0 radical (unpaired) electrons. The van der Waals surface area contributed by atoms with Crippen LogP contribution in [0.3, 0.4) is 0 Å². The van der Waals surface area contributed by atoms with Crippen molar-refractivity contribution >= 4 is 33.9 Å². The monoisotopic (exact) mass is 652 g/mol. The van der Waals surface area contributed by atoms with Crippen molar-refractivity contribution in [1.82, 2.24) is 9.97 Å². The molecule has 1 aromatic carbocycles. The van der Waals surface area contributed by atoms with Gasteiger partial charge in [-0.3, -0.25) is 9.97 Å². The number of hydrogen-bond donors (Lipinski definition) is 0. The molecule has 0 fully saturated rings. The maximum absolute atomic E-state index is 14.1. The maximum Gasteiger partial charge on any atom is 0.418 e. The van der Waals surface area contributed by atoms with Crippen LogP contribution < -0.4 is 0 Å². The van der Waals surface area contributed by atoms with Crippen LogP contribution >= 0.6 is 0 Å². The molecule has 47 heavy (non-hydrogen) atoms. The smallest absolute Gasteiger partial charge is 0.254 e. The van der Waals surface area contributed by atoms with Crippen molar-refractivity contribution in [3.05, 3.63) is 92.6 Å². The van der Waals surface area contributed by atoms with Gasteiger partial charge in [0.15, 0.2) is 0 Å². The van der Waals surface area contributed by atoms with Gasteiger partial charge in [0, 0.05) is 34.7 Å². The van der Waals surface area contributed by atoms with E-state index in [1.54, 1.807) is 12.1 Å². The molecule has 2 aliphatic heterocycles. The standard InChI is InChI=1S/C30H9F9N8/c1-12-2-18(29(34,35)36)24(44-10-12)26-22(13(6-40)7-41)16-4-21-17(5-20(16)46-26)23(14(8-42)9-43)27(47-21)25-19(30(37,38)39)3-15(11-45-25)28(31,32)33/h2-5,10-11H,1H3. The Labute approximate surface area is 257 Å². The predicted molar refractivity (Wildman–Crippen MR) is 143 cm³/mol. The first-order valence-electron chi connectivity index (χ1n) is 12.6. The Morgan fingerprint density at radius 1 is 0.574 bits per heavy atom. The van der Waals surface area contributed by atoms with Crippen LogP contribution in [0.4, 0.5) is 50.9 Å². The van der Waals surface area contributed by atoms with E-state index in [4.69, 9.17) is 0 Å². The molecule has 0 aliphatic carbocycles. The van der Waals surface area contributed by atoms with Crippen molar-refractivity contribution in [3.8, 4) is 24.3 Å². The van der Waals surface area contributed by atoms with Gasteiger partial charge in [0.2, 0.25) is 0 Å². The highest BCUT2D eigenvalue weighted by atomic mass is 19.4. The van der Waals surface area contributed by atoms with Crippen molar-refractivity contribution in [2.24, 2.45) is 9.98 Å². The van der Waals surface area contributed by atoms with Crippen LogP contribution in [-0.4, -0.2) is 21.4 Å².